The predicted octanol–water partition coefficient (Wildman–Crippen LogP) is 1.63. The molecule has 194 valence electrons. The van der Waals surface area contributed by atoms with Crippen LogP contribution in [0.25, 0.3) is 0 Å². The van der Waals surface area contributed by atoms with Crippen LogP contribution >= 0.6 is 0 Å². The van der Waals surface area contributed by atoms with Gasteiger partial charge in [-0.25, -0.2) is 0 Å². The van der Waals surface area contributed by atoms with Crippen molar-refractivity contribution in [3.05, 3.63) is 39.4 Å². The maximum absolute atomic E-state index is 14.0. The normalized spacial score (nSPS) is 26.7. The number of benzene rings is 2. The zero-order valence-corrected chi connectivity index (χ0v) is 21.2. The molecule has 0 spiro atoms. The molecule has 3 aliphatic rings. The number of aliphatic hydroxyl groups excluding tert-OH is 2. The average Bonchev–Trinajstić information content (AvgIpc) is 2.84. The maximum Gasteiger partial charge on any atom is 0.241 e. The Hall–Kier alpha value is -3.21. The number of fused-ring (bicyclic) bond motifs is 7. The van der Waals surface area contributed by atoms with Crippen LogP contribution in [-0.2, 0) is 11.2 Å². The molecule has 3 aliphatic heterocycles. The average molecular weight is 501 g/mol. The number of methoxy groups -OCH3 is 3. The molecule has 2 bridgehead atoms. The van der Waals surface area contributed by atoms with Gasteiger partial charge in [0, 0.05) is 22.3 Å². The van der Waals surface area contributed by atoms with Crippen LogP contribution in [0.2, 0.25) is 0 Å². The van der Waals surface area contributed by atoms with E-state index < -0.39 is 36.9 Å². The van der Waals surface area contributed by atoms with Crippen LogP contribution < -0.4 is 14.2 Å². The van der Waals surface area contributed by atoms with Crippen molar-refractivity contribution in [1.29, 1.82) is 0 Å². The molecule has 0 saturated carbocycles. The summed E-state index contributed by atoms with van der Waals surface area (Å²) >= 11 is 0. The summed E-state index contributed by atoms with van der Waals surface area (Å²) in [6.45, 7) is 3.01. The molecule has 1 saturated heterocycles. The number of piperazine rings is 1. The molecule has 3 heterocycles. The van der Waals surface area contributed by atoms with Crippen LogP contribution in [0.15, 0.2) is 6.07 Å². The Balaban J connectivity index is 1.82. The van der Waals surface area contributed by atoms with Gasteiger partial charge < -0.3 is 39.5 Å². The molecule has 4 N–H and O–H groups in total. The zero-order valence-electron chi connectivity index (χ0n) is 21.2. The van der Waals surface area contributed by atoms with Crippen LogP contribution in [0.3, 0.4) is 0 Å². The topological polar surface area (TPSA) is 132 Å². The molecule has 10 heteroatoms. The number of hydrogen-bond acceptors (Lipinski definition) is 9. The Labute approximate surface area is 209 Å². The number of likely N-dealkylation sites (N-methyl/N-ethyl adjacent to an activating group) is 1. The monoisotopic (exact) mass is 500 g/mol. The number of carbonyl (C=O) groups excluding carboxylic acids is 1. The fourth-order valence-electron chi connectivity index (χ4n) is 6.62. The summed E-state index contributed by atoms with van der Waals surface area (Å²) in [7, 11) is 6.14. The van der Waals surface area contributed by atoms with Crippen LogP contribution in [0.5, 0.6) is 28.7 Å². The minimum Gasteiger partial charge on any atom is -0.507 e. The lowest BCUT2D eigenvalue weighted by molar-refractivity contribution is -0.168. The molecule has 0 aliphatic carbocycles. The number of aryl methyl sites for hydroxylation is 1. The third-order valence-electron chi connectivity index (χ3n) is 8.15. The molecule has 2 aromatic carbocycles. The number of hydrogen-bond donors (Lipinski definition) is 4. The van der Waals surface area contributed by atoms with Gasteiger partial charge in [0.15, 0.2) is 23.0 Å². The van der Waals surface area contributed by atoms with Gasteiger partial charge >= 0.3 is 0 Å². The smallest absolute Gasteiger partial charge is 0.241 e. The number of phenolic OH excluding ortho intramolecular Hbond substituents is 2. The molecule has 1 fully saturated rings. The molecular formula is C26H32N2O8. The lowest BCUT2D eigenvalue weighted by Gasteiger charge is -2.58. The Kier molecular flexibility index (Phi) is 5.73. The molecule has 5 rings (SSSR count). The standard InChI is InChI=1S/C26H32N2O8/c1-10-7-12-8-13-26(33)28-14(9-29)16-17(20(30)11(2)24(35-5)25(16)36-6)21(31)19(28)18(27(13)3)15(12)22(32)23(10)34-4/h7,13-14,18-19,21,29-32H,8-9H2,1-6H3/t13-,14-,18?,19?,21?/m0/s1. The summed E-state index contributed by atoms with van der Waals surface area (Å²) in [4.78, 5) is 17.3. The zero-order chi connectivity index (χ0) is 26.2. The van der Waals surface area contributed by atoms with Crippen molar-refractivity contribution in [3.63, 3.8) is 0 Å². The lowest BCUT2D eigenvalue weighted by Crippen LogP contribution is -2.67. The minimum atomic E-state index is -1.35. The summed E-state index contributed by atoms with van der Waals surface area (Å²) in [6, 6.07) is -1.11. The summed E-state index contributed by atoms with van der Waals surface area (Å²) in [5.74, 6) is 0.357. The van der Waals surface area contributed by atoms with E-state index in [2.05, 4.69) is 0 Å². The third-order valence-corrected chi connectivity index (χ3v) is 8.15. The molecule has 0 aromatic heterocycles. The second-order valence-electron chi connectivity index (χ2n) is 9.73. The number of carbonyl (C=O) groups is 1. The molecule has 0 radical (unpaired) electrons. The Morgan fingerprint density at radius 2 is 1.61 bits per heavy atom. The van der Waals surface area contributed by atoms with Gasteiger partial charge in [0.25, 0.3) is 0 Å². The highest BCUT2D eigenvalue weighted by Gasteiger charge is 2.58. The van der Waals surface area contributed by atoms with E-state index in [4.69, 9.17) is 14.2 Å². The Morgan fingerprint density at radius 1 is 0.972 bits per heavy atom. The van der Waals surface area contributed by atoms with Gasteiger partial charge in [-0.2, -0.15) is 0 Å². The first-order valence-electron chi connectivity index (χ1n) is 11.8. The molecule has 10 nitrogen and oxygen atoms in total. The highest BCUT2D eigenvalue weighted by Crippen LogP contribution is 2.59. The molecular weight excluding hydrogens is 468 g/mol. The molecule has 2 aromatic rings. The van der Waals surface area contributed by atoms with Crippen molar-refractivity contribution in [1.82, 2.24) is 9.80 Å². The molecule has 3 unspecified atom stereocenters. The van der Waals surface area contributed by atoms with E-state index in [9.17, 15) is 25.2 Å². The van der Waals surface area contributed by atoms with Gasteiger partial charge in [-0.15, -0.1) is 0 Å². The largest absolute Gasteiger partial charge is 0.507 e. The molecule has 36 heavy (non-hydrogen) atoms. The number of aromatic hydroxyl groups is 2. The number of rotatable bonds is 4. The highest BCUT2D eigenvalue weighted by atomic mass is 16.5. The third kappa shape index (κ3) is 2.92. The van der Waals surface area contributed by atoms with Crippen molar-refractivity contribution in [2.45, 2.75) is 50.5 Å². The predicted molar refractivity (Wildman–Crippen MR) is 129 cm³/mol. The van der Waals surface area contributed by atoms with Crippen molar-refractivity contribution in [2.24, 2.45) is 0 Å². The maximum atomic E-state index is 14.0. The van der Waals surface area contributed by atoms with Gasteiger partial charge in [-0.3, -0.25) is 9.69 Å². The highest BCUT2D eigenvalue weighted by molar-refractivity contribution is 5.86. The van der Waals surface area contributed by atoms with E-state index in [1.54, 1.807) is 14.0 Å². The van der Waals surface area contributed by atoms with Crippen molar-refractivity contribution >= 4 is 5.91 Å². The second-order valence-corrected chi connectivity index (χ2v) is 9.73. The number of nitrogens with zero attached hydrogens (tertiary/aromatic N) is 2. The first-order chi connectivity index (χ1) is 17.1. The van der Waals surface area contributed by atoms with Gasteiger partial charge in [-0.1, -0.05) is 6.07 Å². The van der Waals surface area contributed by atoms with E-state index in [0.29, 0.717) is 28.9 Å². The van der Waals surface area contributed by atoms with Crippen molar-refractivity contribution < 1.29 is 39.4 Å². The van der Waals surface area contributed by atoms with Gasteiger partial charge in [0.1, 0.15) is 11.9 Å². The fourth-order valence-corrected chi connectivity index (χ4v) is 6.62. The van der Waals surface area contributed by atoms with E-state index in [1.165, 1.54) is 26.2 Å². The van der Waals surface area contributed by atoms with Crippen LogP contribution in [0.1, 0.15) is 51.6 Å². The fraction of sp³-hybridized carbons (Fsp3) is 0.500. The quantitative estimate of drug-likeness (QED) is 0.495. The van der Waals surface area contributed by atoms with Crippen molar-refractivity contribution in [3.8, 4) is 28.7 Å². The van der Waals surface area contributed by atoms with Crippen LogP contribution in [-0.4, -0.2) is 83.2 Å². The van der Waals surface area contributed by atoms with Gasteiger partial charge in [0.2, 0.25) is 5.91 Å². The summed E-state index contributed by atoms with van der Waals surface area (Å²) < 4.78 is 16.6. The van der Waals surface area contributed by atoms with Crippen molar-refractivity contribution in [2.75, 3.05) is 35.0 Å². The van der Waals surface area contributed by atoms with E-state index in [0.717, 1.165) is 11.1 Å². The Morgan fingerprint density at radius 3 is 2.19 bits per heavy atom. The Bertz CT molecular complexity index is 1260. The van der Waals surface area contributed by atoms with Crippen LogP contribution in [0, 0.1) is 13.8 Å². The first kappa shape index (κ1) is 24.5. The SMILES string of the molecule is COc1c(C)cc2c(c1O)C1C3C(O)c4c(O)c(C)c(OC)c(OC)c4[C@H](CO)N3C(=O)[C@H](C2)N1C. The van der Waals surface area contributed by atoms with E-state index in [1.807, 2.05) is 17.9 Å². The van der Waals surface area contributed by atoms with E-state index in [-0.39, 0.29) is 34.5 Å². The number of aliphatic hydroxyl groups is 2. The molecule has 5 atom stereocenters. The summed E-state index contributed by atoms with van der Waals surface area (Å²) in [5, 5.41) is 44.9. The lowest BCUT2D eigenvalue weighted by atomic mass is 9.72. The summed E-state index contributed by atoms with van der Waals surface area (Å²) in [6.07, 6.45) is -1.000. The minimum absolute atomic E-state index is 0.0386. The van der Waals surface area contributed by atoms with E-state index >= 15 is 0 Å². The van der Waals surface area contributed by atoms with Gasteiger partial charge in [0.05, 0.1) is 52.1 Å². The number of ether oxygens (including phenoxy) is 3. The number of amides is 1. The van der Waals surface area contributed by atoms with Gasteiger partial charge in [-0.05, 0) is 38.4 Å². The van der Waals surface area contributed by atoms with Crippen LogP contribution in [0.4, 0.5) is 0 Å². The second kappa shape index (κ2) is 8.43. The number of phenols is 2. The first-order valence-corrected chi connectivity index (χ1v) is 11.8. The summed E-state index contributed by atoms with van der Waals surface area (Å²) in [5.41, 5.74) is 2.97. The molecule has 1 amide bonds.